The van der Waals surface area contributed by atoms with Crippen LogP contribution in [-0.2, 0) is 19.6 Å². The van der Waals surface area contributed by atoms with Crippen molar-refractivity contribution in [2.24, 2.45) is 0 Å². The van der Waals surface area contributed by atoms with Crippen LogP contribution in [0.4, 0.5) is 11.4 Å². The van der Waals surface area contributed by atoms with Crippen molar-refractivity contribution in [3.05, 3.63) is 89.5 Å². The lowest BCUT2D eigenvalue weighted by molar-refractivity contribution is 0.402. The first-order valence-electron chi connectivity index (χ1n) is 10.3. The first-order chi connectivity index (χ1) is 14.4. The summed E-state index contributed by atoms with van der Waals surface area (Å²) < 4.78 is 5.43. The second kappa shape index (κ2) is 10.2. The molecule has 0 aromatic heterocycles. The molecule has 0 aliphatic carbocycles. The van der Waals surface area contributed by atoms with Gasteiger partial charge in [0.1, 0.15) is 5.75 Å². The van der Waals surface area contributed by atoms with Gasteiger partial charge in [-0.05, 0) is 67.2 Å². The van der Waals surface area contributed by atoms with Crippen LogP contribution in [0.1, 0.15) is 16.7 Å². The summed E-state index contributed by atoms with van der Waals surface area (Å²) in [5.74, 6) is 0.892. The van der Waals surface area contributed by atoms with Crippen LogP contribution >= 0.6 is 0 Å². The van der Waals surface area contributed by atoms with Gasteiger partial charge < -0.3 is 19.4 Å². The summed E-state index contributed by atoms with van der Waals surface area (Å²) >= 11 is 0. The predicted molar refractivity (Wildman–Crippen MR) is 127 cm³/mol. The van der Waals surface area contributed by atoms with E-state index in [1.165, 1.54) is 28.1 Å². The predicted octanol–water partition coefficient (Wildman–Crippen LogP) is 5.03. The number of nitrogens with zero attached hydrogens (tertiary/aromatic N) is 3. The molecule has 0 aliphatic heterocycles. The summed E-state index contributed by atoms with van der Waals surface area (Å²) in [6, 6.07) is 26.0. The molecule has 0 fully saturated rings. The van der Waals surface area contributed by atoms with Crippen LogP contribution in [0.3, 0.4) is 0 Å². The fraction of sp³-hybridized carbons (Fsp3) is 0.308. The van der Waals surface area contributed by atoms with Crippen LogP contribution in [0.5, 0.6) is 5.75 Å². The number of hydrogen-bond donors (Lipinski definition) is 0. The molecule has 158 valence electrons. The molecule has 0 aliphatic rings. The Balaban J connectivity index is 1.88. The van der Waals surface area contributed by atoms with E-state index in [-0.39, 0.29) is 0 Å². The standard InChI is InChI=1S/C26H33N3O/c1-27(2)18-21-12-14-24(15-13-21)29(20-23-9-7-11-26(17-23)30-5)19-22-8-6-10-25(16-22)28(3)4/h6-17H,18-20H2,1-5H3. The normalized spacial score (nSPS) is 10.9. The monoisotopic (exact) mass is 403 g/mol. The summed E-state index contributed by atoms with van der Waals surface area (Å²) in [6.07, 6.45) is 0. The van der Waals surface area contributed by atoms with Gasteiger partial charge in [0, 0.05) is 45.1 Å². The van der Waals surface area contributed by atoms with E-state index in [4.69, 9.17) is 4.74 Å². The lowest BCUT2D eigenvalue weighted by Gasteiger charge is -2.26. The Kier molecular flexibility index (Phi) is 7.36. The molecule has 30 heavy (non-hydrogen) atoms. The van der Waals surface area contributed by atoms with Crippen molar-refractivity contribution in [1.29, 1.82) is 0 Å². The van der Waals surface area contributed by atoms with Gasteiger partial charge in [-0.3, -0.25) is 0 Å². The second-order valence-corrected chi connectivity index (χ2v) is 8.18. The zero-order chi connectivity index (χ0) is 21.5. The van der Waals surface area contributed by atoms with E-state index in [1.54, 1.807) is 7.11 Å². The number of ether oxygens (including phenoxy) is 1. The number of hydrogen-bond acceptors (Lipinski definition) is 4. The van der Waals surface area contributed by atoms with Crippen LogP contribution in [-0.4, -0.2) is 40.2 Å². The van der Waals surface area contributed by atoms with E-state index in [9.17, 15) is 0 Å². The SMILES string of the molecule is COc1cccc(CN(Cc2cccc(N(C)C)c2)c2ccc(CN(C)C)cc2)c1. The van der Waals surface area contributed by atoms with Crippen molar-refractivity contribution in [3.8, 4) is 5.75 Å². The Morgan fingerprint density at radius 2 is 1.27 bits per heavy atom. The van der Waals surface area contributed by atoms with Crippen LogP contribution in [0.25, 0.3) is 0 Å². The van der Waals surface area contributed by atoms with Crippen LogP contribution in [0.15, 0.2) is 72.8 Å². The maximum absolute atomic E-state index is 5.43. The third-order valence-corrected chi connectivity index (χ3v) is 5.11. The average molecular weight is 404 g/mol. The van der Waals surface area contributed by atoms with Gasteiger partial charge in [-0.25, -0.2) is 0 Å². The topological polar surface area (TPSA) is 19.0 Å². The van der Waals surface area contributed by atoms with E-state index >= 15 is 0 Å². The van der Waals surface area contributed by atoms with Gasteiger partial charge in [-0.1, -0.05) is 36.4 Å². The molecule has 0 spiro atoms. The lowest BCUT2D eigenvalue weighted by Crippen LogP contribution is -2.22. The molecular formula is C26H33N3O. The number of benzene rings is 3. The van der Waals surface area contributed by atoms with Crippen LogP contribution in [0, 0.1) is 0 Å². The number of anilines is 2. The molecule has 0 saturated carbocycles. The summed E-state index contributed by atoms with van der Waals surface area (Å²) in [6.45, 7) is 2.60. The van der Waals surface area contributed by atoms with Crippen molar-refractivity contribution < 1.29 is 4.74 Å². The van der Waals surface area contributed by atoms with E-state index in [2.05, 4.69) is 110 Å². The molecule has 0 atom stereocenters. The maximum Gasteiger partial charge on any atom is 0.119 e. The molecule has 3 rings (SSSR count). The van der Waals surface area contributed by atoms with Gasteiger partial charge in [-0.2, -0.15) is 0 Å². The average Bonchev–Trinajstić information content (AvgIpc) is 2.74. The molecule has 0 N–H and O–H groups in total. The largest absolute Gasteiger partial charge is 0.497 e. The quantitative estimate of drug-likeness (QED) is 0.499. The molecule has 0 bridgehead atoms. The summed E-state index contributed by atoms with van der Waals surface area (Å²) in [5.41, 5.74) is 6.28. The molecule has 0 amide bonds. The zero-order valence-electron chi connectivity index (χ0n) is 18.8. The minimum atomic E-state index is 0.816. The minimum absolute atomic E-state index is 0.816. The van der Waals surface area contributed by atoms with Crippen molar-refractivity contribution in [1.82, 2.24) is 4.90 Å². The minimum Gasteiger partial charge on any atom is -0.497 e. The van der Waals surface area contributed by atoms with Crippen molar-refractivity contribution in [2.45, 2.75) is 19.6 Å². The third kappa shape index (κ3) is 6.01. The van der Waals surface area contributed by atoms with Gasteiger partial charge in [0.25, 0.3) is 0 Å². The molecule has 3 aromatic carbocycles. The van der Waals surface area contributed by atoms with Gasteiger partial charge >= 0.3 is 0 Å². The lowest BCUT2D eigenvalue weighted by atomic mass is 10.1. The van der Waals surface area contributed by atoms with Crippen molar-refractivity contribution in [3.63, 3.8) is 0 Å². The Morgan fingerprint density at radius 1 is 0.633 bits per heavy atom. The molecule has 0 saturated heterocycles. The summed E-state index contributed by atoms with van der Waals surface area (Å²) in [4.78, 5) is 6.75. The van der Waals surface area contributed by atoms with Crippen LogP contribution in [0.2, 0.25) is 0 Å². The first kappa shape index (κ1) is 21.7. The van der Waals surface area contributed by atoms with E-state index in [0.29, 0.717) is 0 Å². The maximum atomic E-state index is 5.43. The summed E-state index contributed by atoms with van der Waals surface area (Å²) in [5, 5.41) is 0. The highest BCUT2D eigenvalue weighted by atomic mass is 16.5. The molecule has 3 aromatic rings. The Labute approximate surface area is 181 Å². The smallest absolute Gasteiger partial charge is 0.119 e. The van der Waals surface area contributed by atoms with Crippen LogP contribution < -0.4 is 14.5 Å². The highest BCUT2D eigenvalue weighted by Gasteiger charge is 2.11. The Hall–Kier alpha value is -2.98. The van der Waals surface area contributed by atoms with Gasteiger partial charge in [0.05, 0.1) is 7.11 Å². The molecule has 0 unspecified atom stereocenters. The van der Waals surface area contributed by atoms with Gasteiger partial charge in [0.15, 0.2) is 0 Å². The van der Waals surface area contributed by atoms with E-state index in [1.807, 2.05) is 6.07 Å². The second-order valence-electron chi connectivity index (χ2n) is 8.18. The fourth-order valence-corrected chi connectivity index (χ4v) is 3.56. The first-order valence-corrected chi connectivity index (χ1v) is 10.3. The number of rotatable bonds is 9. The fourth-order valence-electron chi connectivity index (χ4n) is 3.56. The van der Waals surface area contributed by atoms with E-state index < -0.39 is 0 Å². The molecule has 0 heterocycles. The number of methoxy groups -OCH3 is 1. The summed E-state index contributed by atoms with van der Waals surface area (Å²) in [7, 11) is 10.1. The zero-order valence-corrected chi connectivity index (χ0v) is 18.8. The molecule has 4 nitrogen and oxygen atoms in total. The van der Waals surface area contributed by atoms with E-state index in [0.717, 1.165) is 25.4 Å². The highest BCUT2D eigenvalue weighted by Crippen LogP contribution is 2.24. The van der Waals surface area contributed by atoms with Gasteiger partial charge in [0.2, 0.25) is 0 Å². The Morgan fingerprint density at radius 3 is 1.87 bits per heavy atom. The highest BCUT2D eigenvalue weighted by molar-refractivity contribution is 5.52. The molecule has 0 radical (unpaired) electrons. The molecule has 4 heteroatoms. The molecular weight excluding hydrogens is 370 g/mol. The van der Waals surface area contributed by atoms with Crippen molar-refractivity contribution in [2.75, 3.05) is 45.1 Å². The van der Waals surface area contributed by atoms with Crippen molar-refractivity contribution >= 4 is 11.4 Å². The Bertz CT molecular complexity index is 935. The van der Waals surface area contributed by atoms with Gasteiger partial charge in [-0.15, -0.1) is 0 Å². The third-order valence-electron chi connectivity index (χ3n) is 5.11.